The predicted molar refractivity (Wildman–Crippen MR) is 80.9 cm³/mol. The molecule has 1 aromatic rings. The Morgan fingerprint density at radius 1 is 1.30 bits per heavy atom. The molecule has 0 aromatic heterocycles. The maximum atomic E-state index is 11.6. The van der Waals surface area contributed by atoms with Crippen LogP contribution in [0.25, 0.3) is 0 Å². The first kappa shape index (κ1) is 14.4. The number of anilines is 1. The third-order valence-corrected chi connectivity index (χ3v) is 2.93. The number of rotatable bonds is 3. The van der Waals surface area contributed by atoms with Gasteiger partial charge in [0.05, 0.1) is 0 Å². The minimum Gasteiger partial charge on any atom is -0.444 e. The second-order valence-corrected chi connectivity index (χ2v) is 5.90. The van der Waals surface area contributed by atoms with Crippen LogP contribution in [0.3, 0.4) is 0 Å². The Hall–Kier alpha value is -1.97. The van der Waals surface area contributed by atoms with Crippen LogP contribution in [0.5, 0.6) is 0 Å². The van der Waals surface area contributed by atoms with E-state index in [1.54, 1.807) is 0 Å². The number of nitrogens with zero attached hydrogens (tertiary/aromatic N) is 1. The molecule has 4 heteroatoms. The number of alkyl carbamates (subject to hydrolysis) is 1. The largest absolute Gasteiger partial charge is 0.444 e. The molecular weight excluding hydrogens is 252 g/mol. The summed E-state index contributed by atoms with van der Waals surface area (Å²) in [6.07, 6.45) is 3.93. The fourth-order valence-electron chi connectivity index (χ4n) is 2.04. The third kappa shape index (κ3) is 4.30. The molecule has 4 nitrogen and oxygen atoms in total. The SMILES string of the molecule is CC(C)(C)OC(=O)NCc1cccc(N2CC=CC2)c1. The Kier molecular flexibility index (Phi) is 4.32. The lowest BCUT2D eigenvalue weighted by Crippen LogP contribution is -2.32. The van der Waals surface area contributed by atoms with Gasteiger partial charge in [-0.25, -0.2) is 4.79 Å². The van der Waals surface area contributed by atoms with Crippen LogP contribution < -0.4 is 10.2 Å². The summed E-state index contributed by atoms with van der Waals surface area (Å²) in [6.45, 7) is 7.94. The molecule has 0 fully saturated rings. The number of carbonyl (C=O) groups is 1. The number of nitrogens with one attached hydrogen (secondary N) is 1. The molecule has 0 unspecified atom stereocenters. The van der Waals surface area contributed by atoms with E-state index in [2.05, 4.69) is 34.5 Å². The van der Waals surface area contributed by atoms with E-state index in [0.717, 1.165) is 18.7 Å². The van der Waals surface area contributed by atoms with Crippen LogP contribution in [0.15, 0.2) is 36.4 Å². The van der Waals surface area contributed by atoms with Gasteiger partial charge in [-0.05, 0) is 38.5 Å². The maximum absolute atomic E-state index is 11.6. The van der Waals surface area contributed by atoms with E-state index in [0.29, 0.717) is 6.54 Å². The zero-order valence-corrected chi connectivity index (χ0v) is 12.3. The highest BCUT2D eigenvalue weighted by molar-refractivity contribution is 5.67. The Morgan fingerprint density at radius 3 is 2.65 bits per heavy atom. The molecular formula is C16H22N2O2. The molecule has 1 aliphatic heterocycles. The van der Waals surface area contributed by atoms with E-state index >= 15 is 0 Å². The van der Waals surface area contributed by atoms with Gasteiger partial charge in [-0.3, -0.25) is 0 Å². The first-order valence-electron chi connectivity index (χ1n) is 6.90. The number of amides is 1. The van der Waals surface area contributed by atoms with E-state index in [4.69, 9.17) is 4.74 Å². The van der Waals surface area contributed by atoms with Crippen LogP contribution in [0.1, 0.15) is 26.3 Å². The molecule has 1 aliphatic rings. The van der Waals surface area contributed by atoms with Crippen molar-refractivity contribution in [2.24, 2.45) is 0 Å². The molecule has 0 radical (unpaired) electrons. The number of hydrogen-bond donors (Lipinski definition) is 1. The van der Waals surface area contributed by atoms with Crippen molar-refractivity contribution >= 4 is 11.8 Å². The quantitative estimate of drug-likeness (QED) is 0.861. The second kappa shape index (κ2) is 5.99. The summed E-state index contributed by atoms with van der Waals surface area (Å²) in [6, 6.07) is 8.21. The first-order valence-corrected chi connectivity index (χ1v) is 6.90. The Morgan fingerprint density at radius 2 is 2.00 bits per heavy atom. The summed E-state index contributed by atoms with van der Waals surface area (Å²) in [4.78, 5) is 13.9. The zero-order valence-electron chi connectivity index (χ0n) is 12.3. The van der Waals surface area contributed by atoms with Crippen molar-refractivity contribution in [3.05, 3.63) is 42.0 Å². The average molecular weight is 274 g/mol. The molecule has 1 aromatic carbocycles. The number of ether oxygens (including phenoxy) is 1. The van der Waals surface area contributed by atoms with Crippen LogP contribution in [0.4, 0.5) is 10.5 Å². The van der Waals surface area contributed by atoms with Gasteiger partial charge in [-0.15, -0.1) is 0 Å². The summed E-state index contributed by atoms with van der Waals surface area (Å²) in [7, 11) is 0. The van der Waals surface area contributed by atoms with Crippen molar-refractivity contribution in [1.82, 2.24) is 5.32 Å². The van der Waals surface area contributed by atoms with Crippen LogP contribution in [-0.2, 0) is 11.3 Å². The predicted octanol–water partition coefficient (Wildman–Crippen LogP) is 3.09. The van der Waals surface area contributed by atoms with Gasteiger partial charge in [0.15, 0.2) is 0 Å². The van der Waals surface area contributed by atoms with Gasteiger partial charge >= 0.3 is 6.09 Å². The lowest BCUT2D eigenvalue weighted by Gasteiger charge is -2.20. The van der Waals surface area contributed by atoms with Crippen molar-refractivity contribution in [1.29, 1.82) is 0 Å². The molecule has 108 valence electrons. The van der Waals surface area contributed by atoms with Crippen molar-refractivity contribution in [3.8, 4) is 0 Å². The molecule has 2 rings (SSSR count). The van der Waals surface area contributed by atoms with Gasteiger partial charge in [-0.2, -0.15) is 0 Å². The van der Waals surface area contributed by atoms with Gasteiger partial charge in [0, 0.05) is 25.3 Å². The summed E-state index contributed by atoms with van der Waals surface area (Å²) in [5, 5.41) is 2.78. The van der Waals surface area contributed by atoms with Crippen molar-refractivity contribution < 1.29 is 9.53 Å². The van der Waals surface area contributed by atoms with Crippen molar-refractivity contribution in [2.75, 3.05) is 18.0 Å². The molecule has 0 bridgehead atoms. The van der Waals surface area contributed by atoms with E-state index in [1.807, 2.05) is 32.9 Å². The minimum atomic E-state index is -0.465. The second-order valence-electron chi connectivity index (χ2n) is 5.90. The highest BCUT2D eigenvalue weighted by Crippen LogP contribution is 2.18. The average Bonchev–Trinajstić information content (AvgIpc) is 2.88. The van der Waals surface area contributed by atoms with Crippen LogP contribution in [-0.4, -0.2) is 24.8 Å². The first-order chi connectivity index (χ1) is 9.44. The standard InChI is InChI=1S/C16H22N2O2/c1-16(2,3)20-15(19)17-12-13-7-6-8-14(11-13)18-9-4-5-10-18/h4-8,11H,9-10,12H2,1-3H3,(H,17,19). The van der Waals surface area contributed by atoms with Crippen LogP contribution >= 0.6 is 0 Å². The molecule has 20 heavy (non-hydrogen) atoms. The van der Waals surface area contributed by atoms with Crippen molar-refractivity contribution in [3.63, 3.8) is 0 Å². The smallest absolute Gasteiger partial charge is 0.407 e. The van der Waals surface area contributed by atoms with E-state index in [9.17, 15) is 4.79 Å². The highest BCUT2D eigenvalue weighted by Gasteiger charge is 2.15. The minimum absolute atomic E-state index is 0.384. The monoisotopic (exact) mass is 274 g/mol. The van der Waals surface area contributed by atoms with Gasteiger partial charge < -0.3 is 15.0 Å². The molecule has 1 N–H and O–H groups in total. The zero-order chi connectivity index (χ0) is 14.6. The fraction of sp³-hybridized carbons (Fsp3) is 0.438. The lowest BCUT2D eigenvalue weighted by molar-refractivity contribution is 0.0523. The summed E-state index contributed by atoms with van der Waals surface area (Å²) in [5.41, 5.74) is 1.78. The molecule has 0 aliphatic carbocycles. The number of benzene rings is 1. The number of carbonyl (C=O) groups excluding carboxylic acids is 1. The Labute approximate surface area is 120 Å². The number of hydrogen-bond acceptors (Lipinski definition) is 3. The molecule has 1 amide bonds. The van der Waals surface area contributed by atoms with Gasteiger partial charge in [0.1, 0.15) is 5.60 Å². The van der Waals surface area contributed by atoms with Crippen LogP contribution in [0, 0.1) is 0 Å². The molecule has 1 heterocycles. The summed E-state index contributed by atoms with van der Waals surface area (Å²) in [5.74, 6) is 0. The highest BCUT2D eigenvalue weighted by atomic mass is 16.6. The van der Waals surface area contributed by atoms with E-state index < -0.39 is 5.60 Å². The fourth-order valence-corrected chi connectivity index (χ4v) is 2.04. The Balaban J connectivity index is 1.90. The van der Waals surface area contributed by atoms with Crippen LogP contribution in [0.2, 0.25) is 0 Å². The molecule has 0 atom stereocenters. The van der Waals surface area contributed by atoms with Gasteiger partial charge in [-0.1, -0.05) is 24.3 Å². The van der Waals surface area contributed by atoms with Gasteiger partial charge in [0.2, 0.25) is 0 Å². The topological polar surface area (TPSA) is 41.6 Å². The third-order valence-electron chi connectivity index (χ3n) is 2.93. The van der Waals surface area contributed by atoms with E-state index in [-0.39, 0.29) is 6.09 Å². The lowest BCUT2D eigenvalue weighted by atomic mass is 10.2. The molecule has 0 saturated carbocycles. The summed E-state index contributed by atoms with van der Waals surface area (Å²) >= 11 is 0. The molecule has 0 spiro atoms. The van der Waals surface area contributed by atoms with Gasteiger partial charge in [0.25, 0.3) is 0 Å². The normalized spacial score (nSPS) is 14.4. The van der Waals surface area contributed by atoms with E-state index in [1.165, 1.54) is 5.69 Å². The molecule has 0 saturated heterocycles. The van der Waals surface area contributed by atoms with Crippen molar-refractivity contribution in [2.45, 2.75) is 32.9 Å². The summed E-state index contributed by atoms with van der Waals surface area (Å²) < 4.78 is 5.22. The maximum Gasteiger partial charge on any atom is 0.407 e. The Bertz CT molecular complexity index is 495.